The highest BCUT2D eigenvalue weighted by Crippen LogP contribution is 2.35. The van der Waals surface area contributed by atoms with Crippen LogP contribution < -0.4 is 0 Å². The Morgan fingerprint density at radius 2 is 2.08 bits per heavy atom. The van der Waals surface area contributed by atoms with Gasteiger partial charge in [-0.2, -0.15) is 0 Å². The third-order valence-corrected chi connectivity index (χ3v) is 1.64. The van der Waals surface area contributed by atoms with Gasteiger partial charge in [0.2, 0.25) is 0 Å². The fourth-order valence-electron chi connectivity index (χ4n) is 0.487. The van der Waals surface area contributed by atoms with Gasteiger partial charge in [-0.25, -0.2) is 4.57 Å². The number of hydrogen-bond donors (Lipinski definition) is 3. The zero-order chi connectivity index (χ0) is 9.78. The Kier molecular flexibility index (Phi) is 4.59. The number of rotatable bonds is 5. The smallest absolute Gasteiger partial charge is 0.385 e. The lowest BCUT2D eigenvalue weighted by molar-refractivity contribution is -0.125. The Balaban J connectivity index is 3.58. The molecule has 0 aromatic carbocycles. The molecule has 12 heavy (non-hydrogen) atoms. The monoisotopic (exact) mass is 198 g/mol. The molecule has 1 atom stereocenters. The molecule has 7 heteroatoms. The maximum Gasteiger partial charge on any atom is 0.469 e. The maximum atomic E-state index is 10.4. The molecule has 0 fully saturated rings. The third kappa shape index (κ3) is 6.45. The summed E-state index contributed by atoms with van der Waals surface area (Å²) < 4.78 is 14.1. The van der Waals surface area contributed by atoms with Crippen LogP contribution in [0, 0.1) is 0 Å². The van der Waals surface area contributed by atoms with Crippen LogP contribution in [-0.2, 0) is 13.9 Å². The molecule has 0 aromatic rings. The number of phosphoric ester groups is 1. The average Bonchev–Trinajstić information content (AvgIpc) is 1.84. The minimum Gasteiger partial charge on any atom is -0.385 e. The normalized spacial score (nSPS) is 14.3. The first kappa shape index (κ1) is 11.7. The molecule has 72 valence electrons. The van der Waals surface area contributed by atoms with E-state index >= 15 is 0 Å². The van der Waals surface area contributed by atoms with Crippen molar-refractivity contribution in [2.45, 2.75) is 19.4 Å². The predicted octanol–water partition coefficient (Wildman–Crippen LogP) is -0.564. The second-order valence-corrected chi connectivity index (χ2v) is 3.48. The zero-order valence-electron chi connectivity index (χ0n) is 6.51. The van der Waals surface area contributed by atoms with Crippen LogP contribution in [0.15, 0.2) is 0 Å². The van der Waals surface area contributed by atoms with Crippen LogP contribution in [-0.4, -0.2) is 33.4 Å². The maximum absolute atomic E-state index is 10.4. The van der Waals surface area contributed by atoms with E-state index in [-0.39, 0.29) is 13.0 Å². The highest BCUT2D eigenvalue weighted by molar-refractivity contribution is 7.46. The molecule has 0 saturated heterocycles. The molecule has 0 bridgehead atoms. The van der Waals surface area contributed by atoms with Crippen molar-refractivity contribution in [2.75, 3.05) is 6.61 Å². The van der Waals surface area contributed by atoms with E-state index in [9.17, 15) is 9.36 Å². The number of phosphoric acid groups is 1. The van der Waals surface area contributed by atoms with Crippen molar-refractivity contribution in [1.82, 2.24) is 0 Å². The number of hydrogen-bond acceptors (Lipinski definition) is 4. The summed E-state index contributed by atoms with van der Waals surface area (Å²) in [7, 11) is -4.47. The van der Waals surface area contributed by atoms with Gasteiger partial charge >= 0.3 is 7.82 Å². The fourth-order valence-corrected chi connectivity index (χ4v) is 0.830. The number of aliphatic hydroxyl groups is 1. The van der Waals surface area contributed by atoms with Crippen LogP contribution in [0.5, 0.6) is 0 Å². The summed E-state index contributed by atoms with van der Waals surface area (Å²) in [4.78, 5) is 26.8. The van der Waals surface area contributed by atoms with Gasteiger partial charge < -0.3 is 14.9 Å². The molecule has 0 aliphatic heterocycles. The minimum absolute atomic E-state index is 0.111. The molecule has 6 nitrogen and oxygen atoms in total. The summed E-state index contributed by atoms with van der Waals surface area (Å²) in [5.74, 6) is -0.454. The van der Waals surface area contributed by atoms with Crippen LogP contribution in [0.2, 0.25) is 0 Å². The molecule has 0 aromatic heterocycles. The lowest BCUT2D eigenvalue weighted by atomic mass is 10.2. The molecule has 3 N–H and O–H groups in total. The molecule has 0 amide bonds. The van der Waals surface area contributed by atoms with Gasteiger partial charge in [0.25, 0.3) is 0 Å². The molecule has 0 heterocycles. The molecule has 0 aliphatic rings. The second-order valence-electron chi connectivity index (χ2n) is 2.24. The van der Waals surface area contributed by atoms with E-state index < -0.39 is 19.7 Å². The molecule has 0 radical (unpaired) electrons. The van der Waals surface area contributed by atoms with Gasteiger partial charge in [-0.1, -0.05) is 0 Å². The van der Waals surface area contributed by atoms with Crippen LogP contribution in [0.3, 0.4) is 0 Å². The van der Waals surface area contributed by atoms with Crippen molar-refractivity contribution in [3.8, 4) is 0 Å². The lowest BCUT2D eigenvalue weighted by Gasteiger charge is -2.07. The van der Waals surface area contributed by atoms with Crippen LogP contribution in [0.25, 0.3) is 0 Å². The first-order valence-electron chi connectivity index (χ1n) is 3.21. The Bertz CT molecular complexity index is 196. The Morgan fingerprint density at radius 3 is 2.42 bits per heavy atom. The Hall–Kier alpha value is -0.260. The van der Waals surface area contributed by atoms with Crippen molar-refractivity contribution in [1.29, 1.82) is 0 Å². The van der Waals surface area contributed by atoms with Crippen LogP contribution in [0.4, 0.5) is 0 Å². The summed E-state index contributed by atoms with van der Waals surface area (Å²) in [6.45, 7) is 0.840. The molecule has 0 rings (SSSR count). The first-order valence-corrected chi connectivity index (χ1v) is 4.74. The quantitative estimate of drug-likeness (QED) is 0.511. The van der Waals surface area contributed by atoms with E-state index in [1.54, 1.807) is 0 Å². The number of aliphatic hydroxyl groups excluding tert-OH is 1. The first-order chi connectivity index (χ1) is 5.33. The lowest BCUT2D eigenvalue weighted by Crippen LogP contribution is -2.18. The fraction of sp³-hybridized carbons (Fsp3) is 0.800. The largest absolute Gasteiger partial charge is 0.469 e. The summed E-state index contributed by atoms with van der Waals surface area (Å²) in [5.41, 5.74) is 0. The molecular weight excluding hydrogens is 187 g/mol. The van der Waals surface area contributed by atoms with Gasteiger partial charge in [-0.3, -0.25) is 9.32 Å². The summed E-state index contributed by atoms with van der Waals surface area (Å²) in [5, 5.41) is 8.84. The molecule has 0 saturated carbocycles. The highest BCUT2D eigenvalue weighted by Gasteiger charge is 2.16. The third-order valence-electron chi connectivity index (χ3n) is 1.12. The van der Waals surface area contributed by atoms with Crippen LogP contribution >= 0.6 is 7.82 Å². The van der Waals surface area contributed by atoms with Gasteiger partial charge in [0.05, 0.1) is 6.61 Å². The Morgan fingerprint density at radius 1 is 1.58 bits per heavy atom. The average molecular weight is 198 g/mol. The van der Waals surface area contributed by atoms with E-state index in [0.29, 0.717) is 0 Å². The zero-order valence-corrected chi connectivity index (χ0v) is 7.40. The number of Topliss-reactive ketones (excluding diaryl/α,β-unsaturated/α-hetero) is 1. The predicted molar refractivity (Wildman–Crippen MR) is 39.3 cm³/mol. The number of carbonyl (C=O) groups is 1. The van der Waals surface area contributed by atoms with Crippen molar-refractivity contribution in [3.05, 3.63) is 0 Å². The molecular formula is C5H11O6P. The van der Waals surface area contributed by atoms with E-state index in [4.69, 9.17) is 14.9 Å². The van der Waals surface area contributed by atoms with Gasteiger partial charge in [0.1, 0.15) is 6.10 Å². The van der Waals surface area contributed by atoms with Gasteiger partial charge in [0, 0.05) is 6.42 Å². The summed E-state index contributed by atoms with van der Waals surface area (Å²) >= 11 is 0. The SMILES string of the molecule is CC(=O)[C@@H](O)CCOP(=O)(O)O. The van der Waals surface area contributed by atoms with Crippen molar-refractivity contribution in [2.24, 2.45) is 0 Å². The van der Waals surface area contributed by atoms with E-state index in [0.717, 1.165) is 0 Å². The standard InChI is InChI=1S/C5H11O6P/c1-4(6)5(7)2-3-11-12(8,9)10/h5,7H,2-3H2,1H3,(H2,8,9,10)/t5-/m0/s1. The topological polar surface area (TPSA) is 104 Å². The van der Waals surface area contributed by atoms with Crippen molar-refractivity contribution in [3.63, 3.8) is 0 Å². The molecule has 0 spiro atoms. The Labute approximate surface area is 69.4 Å². The van der Waals surface area contributed by atoms with E-state index in [1.807, 2.05) is 0 Å². The van der Waals surface area contributed by atoms with Gasteiger partial charge in [-0.15, -0.1) is 0 Å². The number of ketones is 1. The molecule has 0 unspecified atom stereocenters. The van der Waals surface area contributed by atoms with Gasteiger partial charge in [-0.05, 0) is 6.92 Å². The van der Waals surface area contributed by atoms with Crippen molar-refractivity contribution < 1.29 is 28.8 Å². The molecule has 0 aliphatic carbocycles. The van der Waals surface area contributed by atoms with Gasteiger partial charge in [0.15, 0.2) is 5.78 Å². The van der Waals surface area contributed by atoms with Crippen molar-refractivity contribution >= 4 is 13.6 Å². The summed E-state index contributed by atoms with van der Waals surface area (Å²) in [6.07, 6.45) is -1.32. The minimum atomic E-state index is -4.47. The summed E-state index contributed by atoms with van der Waals surface area (Å²) in [6, 6.07) is 0. The second kappa shape index (κ2) is 4.69. The number of carbonyl (C=O) groups excluding carboxylic acids is 1. The highest BCUT2D eigenvalue weighted by atomic mass is 31.2. The van der Waals surface area contributed by atoms with E-state index in [2.05, 4.69) is 4.52 Å². The van der Waals surface area contributed by atoms with Crippen LogP contribution in [0.1, 0.15) is 13.3 Å². The van der Waals surface area contributed by atoms with E-state index in [1.165, 1.54) is 6.92 Å².